The van der Waals surface area contributed by atoms with E-state index in [9.17, 15) is 14.7 Å². The average Bonchev–Trinajstić information content (AvgIpc) is 2.90. The fourth-order valence-electron chi connectivity index (χ4n) is 6.49. The number of nitrogens with zero attached hydrogens (tertiary/aromatic N) is 1. The normalized spacial score (nSPS) is 24.2. The van der Waals surface area contributed by atoms with Gasteiger partial charge < -0.3 is 19.2 Å². The molecule has 2 heterocycles. The molecule has 0 radical (unpaired) electrons. The lowest BCUT2D eigenvalue weighted by Crippen LogP contribution is -2.58. The highest BCUT2D eigenvalue weighted by molar-refractivity contribution is 6.30. The van der Waals surface area contributed by atoms with E-state index in [1.54, 1.807) is 13.0 Å². The van der Waals surface area contributed by atoms with Crippen molar-refractivity contribution in [2.45, 2.75) is 83.5 Å². The summed E-state index contributed by atoms with van der Waals surface area (Å²) in [5.41, 5.74) is 1.98. The molecule has 0 bridgehead atoms. The molecule has 1 amide bonds. The Morgan fingerprint density at radius 3 is 2.71 bits per heavy atom. The van der Waals surface area contributed by atoms with Crippen molar-refractivity contribution in [3.8, 4) is 5.75 Å². The van der Waals surface area contributed by atoms with Crippen molar-refractivity contribution >= 4 is 28.5 Å². The Labute approximate surface area is 228 Å². The smallest absolute Gasteiger partial charge is 0.336 e. The van der Waals surface area contributed by atoms with Gasteiger partial charge >= 0.3 is 5.63 Å². The van der Waals surface area contributed by atoms with Crippen LogP contribution in [0.15, 0.2) is 51.7 Å². The van der Waals surface area contributed by atoms with Gasteiger partial charge in [0, 0.05) is 34.5 Å². The number of amides is 1. The molecule has 5 rings (SSSR count). The number of hydrogen-bond acceptors (Lipinski definition) is 5. The van der Waals surface area contributed by atoms with Crippen molar-refractivity contribution < 1.29 is 19.1 Å². The van der Waals surface area contributed by atoms with Crippen LogP contribution in [0.4, 0.5) is 0 Å². The number of aryl methyl sites for hydroxylation is 2. The number of likely N-dealkylation sites (tertiary alicyclic amines) is 1. The summed E-state index contributed by atoms with van der Waals surface area (Å²) < 4.78 is 11.8. The highest BCUT2D eigenvalue weighted by atomic mass is 35.5. The van der Waals surface area contributed by atoms with Gasteiger partial charge in [-0.25, -0.2) is 4.79 Å². The summed E-state index contributed by atoms with van der Waals surface area (Å²) in [7, 11) is 0. The number of carbonyl (C=O) groups is 1. The molecule has 2 fully saturated rings. The number of piperidine rings is 1. The summed E-state index contributed by atoms with van der Waals surface area (Å²) in [6.07, 6.45) is 5.16. The number of benzene rings is 2. The maximum absolute atomic E-state index is 13.9. The van der Waals surface area contributed by atoms with E-state index >= 15 is 0 Å². The van der Waals surface area contributed by atoms with Gasteiger partial charge in [0.05, 0.1) is 11.6 Å². The number of rotatable bonds is 6. The Hall–Kier alpha value is -2.83. The summed E-state index contributed by atoms with van der Waals surface area (Å²) in [6, 6.07) is 12.7. The lowest BCUT2D eigenvalue weighted by molar-refractivity contribution is -0.161. The van der Waals surface area contributed by atoms with E-state index in [2.05, 4.69) is 6.92 Å². The van der Waals surface area contributed by atoms with Crippen LogP contribution in [-0.2, 0) is 11.2 Å². The topological polar surface area (TPSA) is 80.0 Å². The minimum atomic E-state index is -0.772. The summed E-state index contributed by atoms with van der Waals surface area (Å²) in [5, 5.41) is 13.1. The Morgan fingerprint density at radius 1 is 1.21 bits per heavy atom. The minimum Gasteiger partial charge on any atom is -0.480 e. The minimum absolute atomic E-state index is 0.0454. The predicted molar refractivity (Wildman–Crippen MR) is 149 cm³/mol. The number of aliphatic hydroxyl groups is 1. The molecule has 1 aromatic heterocycles. The second-order valence-electron chi connectivity index (χ2n) is 10.9. The molecule has 1 saturated carbocycles. The van der Waals surface area contributed by atoms with E-state index in [1.807, 2.05) is 48.2 Å². The van der Waals surface area contributed by atoms with Gasteiger partial charge in [-0.3, -0.25) is 4.79 Å². The lowest BCUT2D eigenvalue weighted by Gasteiger charge is -2.53. The largest absolute Gasteiger partial charge is 0.480 e. The number of carbonyl (C=O) groups excluding carboxylic acids is 1. The summed E-state index contributed by atoms with van der Waals surface area (Å²) in [6.45, 7) is 6.15. The highest BCUT2D eigenvalue weighted by Gasteiger charge is 2.50. The van der Waals surface area contributed by atoms with E-state index in [4.69, 9.17) is 20.8 Å². The van der Waals surface area contributed by atoms with E-state index in [-0.39, 0.29) is 23.5 Å². The van der Waals surface area contributed by atoms with Crippen molar-refractivity contribution in [3.63, 3.8) is 0 Å². The van der Waals surface area contributed by atoms with Gasteiger partial charge in [-0.15, -0.1) is 0 Å². The molecule has 202 valence electrons. The van der Waals surface area contributed by atoms with Gasteiger partial charge in [-0.1, -0.05) is 49.9 Å². The third-order valence-corrected chi connectivity index (χ3v) is 8.68. The van der Waals surface area contributed by atoms with Crippen LogP contribution in [0.25, 0.3) is 11.0 Å². The molecule has 0 unspecified atom stereocenters. The first-order chi connectivity index (χ1) is 18.2. The summed E-state index contributed by atoms with van der Waals surface area (Å²) in [5.74, 6) is 0.346. The molecule has 1 aliphatic heterocycles. The standard InChI is InChI=1S/C31H36ClNO5/c1-4-7-22-18-27(34)38-29-19(2)26(14-13-24(22)29)37-20(3)30(35)33-17-16-31(36)15-6-5-8-25(31)28(33)21-9-11-23(32)12-10-21/h9-14,18,20,25,28,36H,4-8,15-17H2,1-3H3/t20-,25-,28+,31+/m1/s1. The van der Waals surface area contributed by atoms with Crippen molar-refractivity contribution in [3.05, 3.63) is 74.6 Å². The molecule has 1 aliphatic carbocycles. The van der Waals surface area contributed by atoms with Crippen LogP contribution in [0.5, 0.6) is 5.75 Å². The van der Waals surface area contributed by atoms with Gasteiger partial charge in [0.2, 0.25) is 0 Å². The maximum Gasteiger partial charge on any atom is 0.336 e. The van der Waals surface area contributed by atoms with Crippen molar-refractivity contribution in [2.24, 2.45) is 5.92 Å². The molecule has 2 aliphatic rings. The van der Waals surface area contributed by atoms with Crippen LogP contribution >= 0.6 is 11.6 Å². The number of fused-ring (bicyclic) bond motifs is 2. The van der Waals surface area contributed by atoms with E-state index < -0.39 is 11.7 Å². The molecule has 1 N–H and O–H groups in total. The fourth-order valence-corrected chi connectivity index (χ4v) is 6.61. The van der Waals surface area contributed by atoms with Gasteiger partial charge in [0.25, 0.3) is 5.91 Å². The zero-order valence-corrected chi connectivity index (χ0v) is 23.1. The van der Waals surface area contributed by atoms with Crippen LogP contribution < -0.4 is 10.4 Å². The van der Waals surface area contributed by atoms with E-state index in [0.29, 0.717) is 34.9 Å². The number of halogens is 1. The third-order valence-electron chi connectivity index (χ3n) is 8.43. The van der Waals surface area contributed by atoms with Gasteiger partial charge in [-0.2, -0.15) is 0 Å². The highest BCUT2D eigenvalue weighted by Crippen LogP contribution is 2.49. The van der Waals surface area contributed by atoms with E-state index in [0.717, 1.165) is 55.0 Å². The van der Waals surface area contributed by atoms with Crippen LogP contribution in [0.3, 0.4) is 0 Å². The molecule has 1 saturated heterocycles. The predicted octanol–water partition coefficient (Wildman–Crippen LogP) is 6.37. The Morgan fingerprint density at radius 2 is 1.97 bits per heavy atom. The maximum atomic E-state index is 13.9. The first-order valence-electron chi connectivity index (χ1n) is 13.7. The molecular formula is C31H36ClNO5. The Bertz CT molecular complexity index is 1380. The van der Waals surface area contributed by atoms with Gasteiger partial charge in [0.1, 0.15) is 11.3 Å². The second kappa shape index (κ2) is 10.7. The molecule has 2 aromatic carbocycles. The Balaban J connectivity index is 1.45. The quantitative estimate of drug-likeness (QED) is 0.369. The monoisotopic (exact) mass is 537 g/mol. The summed E-state index contributed by atoms with van der Waals surface area (Å²) in [4.78, 5) is 28.0. The van der Waals surface area contributed by atoms with Gasteiger partial charge in [-0.05, 0) is 74.9 Å². The van der Waals surface area contributed by atoms with Crippen LogP contribution in [0.1, 0.15) is 75.1 Å². The van der Waals surface area contributed by atoms with Gasteiger partial charge in [0.15, 0.2) is 6.10 Å². The second-order valence-corrected chi connectivity index (χ2v) is 11.3. The molecule has 7 heteroatoms. The number of ether oxygens (including phenoxy) is 1. The lowest BCUT2D eigenvalue weighted by atomic mass is 9.66. The fraction of sp³-hybridized carbons (Fsp3) is 0.484. The molecule has 38 heavy (non-hydrogen) atoms. The molecule has 0 spiro atoms. The number of hydrogen-bond donors (Lipinski definition) is 1. The van der Waals surface area contributed by atoms with Crippen LogP contribution in [0, 0.1) is 12.8 Å². The van der Waals surface area contributed by atoms with Crippen molar-refractivity contribution in [1.82, 2.24) is 4.90 Å². The molecule has 4 atom stereocenters. The van der Waals surface area contributed by atoms with Crippen molar-refractivity contribution in [1.29, 1.82) is 0 Å². The van der Waals surface area contributed by atoms with Crippen LogP contribution in [-0.4, -0.2) is 34.2 Å². The molecular weight excluding hydrogens is 502 g/mol. The first-order valence-corrected chi connectivity index (χ1v) is 14.1. The molecule has 6 nitrogen and oxygen atoms in total. The molecule has 3 aromatic rings. The average molecular weight is 538 g/mol. The third kappa shape index (κ3) is 4.96. The van der Waals surface area contributed by atoms with Crippen molar-refractivity contribution in [2.75, 3.05) is 6.54 Å². The summed E-state index contributed by atoms with van der Waals surface area (Å²) >= 11 is 6.17. The van der Waals surface area contributed by atoms with Crippen LogP contribution in [0.2, 0.25) is 5.02 Å². The Kier molecular flexibility index (Phi) is 7.56. The SMILES string of the molecule is CCCc1cc(=O)oc2c(C)c(O[C@H](C)C(=O)N3CC[C@@]4(O)CCCC[C@@H]4[C@@H]3c3ccc(Cl)cc3)ccc12. The first kappa shape index (κ1) is 26.8. The zero-order chi connectivity index (χ0) is 27.0. The zero-order valence-electron chi connectivity index (χ0n) is 22.3. The van der Waals surface area contributed by atoms with E-state index in [1.165, 1.54) is 0 Å².